The third-order valence-corrected chi connectivity index (χ3v) is 7.15. The highest BCUT2D eigenvalue weighted by atomic mass is 16.5. The number of ether oxygens (including phenoxy) is 2. The average Bonchev–Trinajstić information content (AvgIpc) is 2.75. The van der Waals surface area contributed by atoms with Crippen molar-refractivity contribution in [3.05, 3.63) is 57.3 Å². The molecule has 0 unspecified atom stereocenters. The van der Waals surface area contributed by atoms with Crippen molar-refractivity contribution in [3.8, 4) is 11.5 Å². The molecule has 0 aromatic heterocycles. The lowest BCUT2D eigenvalue weighted by Crippen LogP contribution is -2.52. The van der Waals surface area contributed by atoms with E-state index in [0.29, 0.717) is 5.75 Å². The van der Waals surface area contributed by atoms with Crippen molar-refractivity contribution in [2.45, 2.75) is 79.2 Å². The van der Waals surface area contributed by atoms with Crippen LogP contribution in [0.1, 0.15) is 71.4 Å². The standard InChI is InChI=1S/C26H36O3/c1-18-9-13-24(3,4)11-8-12-26(6)25(5,14-10-18)17-20-19(2)15-21(27)23(28-7)16-22(20)29-26/h8-9,11,15-16H,10,12-14,17H2,1-7H3/b11-8+,18-9+/t25-,26+/m0/s1. The van der Waals surface area contributed by atoms with Crippen LogP contribution in [0.25, 0.3) is 0 Å². The van der Waals surface area contributed by atoms with Crippen molar-refractivity contribution in [3.63, 3.8) is 0 Å². The third-order valence-electron chi connectivity index (χ3n) is 7.15. The van der Waals surface area contributed by atoms with Crippen LogP contribution in [0, 0.1) is 17.8 Å². The van der Waals surface area contributed by atoms with Crippen LogP contribution in [0.5, 0.6) is 11.5 Å². The number of methoxy groups -OCH3 is 1. The lowest BCUT2D eigenvalue weighted by atomic mass is 9.64. The van der Waals surface area contributed by atoms with Crippen LogP contribution in [0.3, 0.4) is 0 Å². The summed E-state index contributed by atoms with van der Waals surface area (Å²) in [6, 6.07) is 3.48. The fraction of sp³-hybridized carbons (Fsp3) is 0.577. The van der Waals surface area contributed by atoms with Gasteiger partial charge in [0.2, 0.25) is 5.43 Å². The molecule has 1 aliphatic carbocycles. The molecule has 1 aromatic carbocycles. The van der Waals surface area contributed by atoms with Crippen molar-refractivity contribution in [2.75, 3.05) is 7.11 Å². The molecular formula is C26H36O3. The summed E-state index contributed by atoms with van der Waals surface area (Å²) < 4.78 is 12.1. The van der Waals surface area contributed by atoms with Crippen LogP contribution in [0.2, 0.25) is 0 Å². The van der Waals surface area contributed by atoms with Gasteiger partial charge in [0.15, 0.2) is 5.75 Å². The first-order chi connectivity index (χ1) is 13.5. The van der Waals surface area contributed by atoms with E-state index in [1.807, 2.05) is 6.92 Å². The summed E-state index contributed by atoms with van der Waals surface area (Å²) in [6.07, 6.45) is 11.9. The molecule has 0 bridgehead atoms. The number of rotatable bonds is 1. The van der Waals surface area contributed by atoms with Crippen molar-refractivity contribution in [1.29, 1.82) is 0 Å². The topological polar surface area (TPSA) is 35.5 Å². The summed E-state index contributed by atoms with van der Waals surface area (Å²) in [5.74, 6) is 1.13. The number of allylic oxidation sites excluding steroid dienone is 3. The van der Waals surface area contributed by atoms with Gasteiger partial charge in [0.1, 0.15) is 11.4 Å². The van der Waals surface area contributed by atoms with Crippen molar-refractivity contribution in [2.24, 2.45) is 10.8 Å². The molecule has 0 radical (unpaired) electrons. The third kappa shape index (κ3) is 4.29. The predicted molar refractivity (Wildman–Crippen MR) is 120 cm³/mol. The molecule has 0 spiro atoms. The maximum atomic E-state index is 12.5. The second-order valence-electron chi connectivity index (χ2n) is 10.2. The predicted octanol–water partition coefficient (Wildman–Crippen LogP) is 6.17. The Labute approximate surface area is 175 Å². The van der Waals surface area contributed by atoms with Gasteiger partial charge in [-0.2, -0.15) is 0 Å². The highest BCUT2D eigenvalue weighted by molar-refractivity contribution is 5.46. The average molecular weight is 397 g/mol. The Hall–Kier alpha value is -2.03. The van der Waals surface area contributed by atoms with Crippen LogP contribution in [0.4, 0.5) is 0 Å². The SMILES string of the molecule is COc1cc2c(c(C)cc1=O)C[C@]1(C)CC/C(C)=C/CC(C)(C)/C=C/C[C@@]1(C)O2. The van der Waals surface area contributed by atoms with Gasteiger partial charge in [0, 0.05) is 17.9 Å². The summed E-state index contributed by atoms with van der Waals surface area (Å²) in [6.45, 7) is 13.4. The first-order valence-electron chi connectivity index (χ1n) is 10.7. The second kappa shape index (κ2) is 7.66. The molecule has 3 heteroatoms. The molecule has 3 rings (SSSR count). The molecule has 1 aromatic rings. The van der Waals surface area contributed by atoms with Crippen molar-refractivity contribution >= 4 is 0 Å². The molecule has 1 heterocycles. The Morgan fingerprint density at radius 3 is 2.48 bits per heavy atom. The molecule has 2 atom stereocenters. The van der Waals surface area contributed by atoms with E-state index in [1.165, 1.54) is 5.57 Å². The van der Waals surface area contributed by atoms with Gasteiger partial charge >= 0.3 is 0 Å². The van der Waals surface area contributed by atoms with Crippen LogP contribution in [-0.2, 0) is 6.42 Å². The highest BCUT2D eigenvalue weighted by Crippen LogP contribution is 2.51. The number of hydrogen-bond acceptors (Lipinski definition) is 3. The molecule has 0 saturated carbocycles. The van der Waals surface area contributed by atoms with Crippen LogP contribution in [0.15, 0.2) is 40.7 Å². The largest absolute Gasteiger partial charge is 0.493 e. The molecular weight excluding hydrogens is 360 g/mol. The molecule has 158 valence electrons. The first-order valence-corrected chi connectivity index (χ1v) is 10.7. The van der Waals surface area contributed by atoms with E-state index in [0.717, 1.165) is 49.0 Å². The summed E-state index contributed by atoms with van der Waals surface area (Å²) in [4.78, 5) is 12.5. The number of hydrogen-bond donors (Lipinski definition) is 0. The maximum Gasteiger partial charge on any atom is 0.220 e. The van der Waals surface area contributed by atoms with Gasteiger partial charge < -0.3 is 9.47 Å². The zero-order valence-corrected chi connectivity index (χ0v) is 19.1. The van der Waals surface area contributed by atoms with Crippen LogP contribution < -0.4 is 14.9 Å². The minimum Gasteiger partial charge on any atom is -0.493 e. The molecule has 2 aliphatic rings. The molecule has 0 amide bonds. The monoisotopic (exact) mass is 396 g/mol. The minimum atomic E-state index is -0.355. The van der Waals surface area contributed by atoms with E-state index in [-0.39, 0.29) is 21.9 Å². The summed E-state index contributed by atoms with van der Waals surface area (Å²) >= 11 is 0. The number of fused-ring (bicyclic) bond motifs is 2. The van der Waals surface area contributed by atoms with E-state index in [4.69, 9.17) is 9.47 Å². The van der Waals surface area contributed by atoms with Gasteiger partial charge in [0.05, 0.1) is 7.11 Å². The Morgan fingerprint density at radius 2 is 1.79 bits per heavy atom. The Morgan fingerprint density at radius 1 is 1.07 bits per heavy atom. The highest BCUT2D eigenvalue weighted by Gasteiger charge is 2.49. The Bertz CT molecular complexity index is 909. The van der Waals surface area contributed by atoms with E-state index in [2.05, 4.69) is 52.8 Å². The van der Waals surface area contributed by atoms with Gasteiger partial charge in [-0.3, -0.25) is 4.79 Å². The van der Waals surface area contributed by atoms with Gasteiger partial charge in [0.25, 0.3) is 0 Å². The fourth-order valence-corrected chi connectivity index (χ4v) is 4.57. The lowest BCUT2D eigenvalue weighted by Gasteiger charge is -2.50. The van der Waals surface area contributed by atoms with E-state index in [9.17, 15) is 4.79 Å². The van der Waals surface area contributed by atoms with Crippen molar-refractivity contribution in [1.82, 2.24) is 0 Å². The molecule has 3 nitrogen and oxygen atoms in total. The molecule has 0 N–H and O–H groups in total. The quantitative estimate of drug-likeness (QED) is 0.533. The second-order valence-corrected chi connectivity index (χ2v) is 10.2. The zero-order chi connectivity index (χ0) is 21.4. The van der Waals surface area contributed by atoms with Gasteiger partial charge in [-0.05, 0) is 69.1 Å². The number of aryl methyl sites for hydroxylation is 1. The fourth-order valence-electron chi connectivity index (χ4n) is 4.57. The van der Waals surface area contributed by atoms with Gasteiger partial charge in [-0.25, -0.2) is 0 Å². The Balaban J connectivity index is 2.14. The normalized spacial score (nSPS) is 31.8. The van der Waals surface area contributed by atoms with Crippen LogP contribution >= 0.6 is 0 Å². The molecule has 0 fully saturated rings. The summed E-state index contributed by atoms with van der Waals surface area (Å²) in [7, 11) is 1.54. The summed E-state index contributed by atoms with van der Waals surface area (Å²) in [5.41, 5.74) is 3.20. The first kappa shape index (κ1) is 21.7. The zero-order valence-electron chi connectivity index (χ0n) is 19.1. The molecule has 0 saturated heterocycles. The minimum absolute atomic E-state index is 0.0384. The smallest absolute Gasteiger partial charge is 0.220 e. The molecule has 29 heavy (non-hydrogen) atoms. The maximum absolute atomic E-state index is 12.5. The van der Waals surface area contributed by atoms with Crippen molar-refractivity contribution < 1.29 is 9.47 Å². The molecule has 1 aliphatic heterocycles. The van der Waals surface area contributed by atoms with E-state index in [1.54, 1.807) is 19.2 Å². The van der Waals surface area contributed by atoms with Gasteiger partial charge in [-0.1, -0.05) is 44.6 Å². The van der Waals surface area contributed by atoms with E-state index >= 15 is 0 Å². The van der Waals surface area contributed by atoms with E-state index < -0.39 is 0 Å². The Kier molecular flexibility index (Phi) is 5.73. The summed E-state index contributed by atoms with van der Waals surface area (Å²) in [5, 5.41) is 0. The van der Waals surface area contributed by atoms with Gasteiger partial charge in [-0.15, -0.1) is 0 Å². The lowest BCUT2D eigenvalue weighted by molar-refractivity contribution is -0.0563. The van der Waals surface area contributed by atoms with Crippen LogP contribution in [-0.4, -0.2) is 12.7 Å².